The van der Waals surface area contributed by atoms with Gasteiger partial charge in [-0.2, -0.15) is 0 Å². The Balaban J connectivity index is 1.48. The average Bonchev–Trinajstić information content (AvgIpc) is 3.15. The predicted molar refractivity (Wildman–Crippen MR) is 110 cm³/mol. The molecule has 5 nitrogen and oxygen atoms in total. The minimum atomic E-state index is 0.0112. The predicted octanol–water partition coefficient (Wildman–Crippen LogP) is 4.28. The lowest BCUT2D eigenvalue weighted by Gasteiger charge is -2.32. The molecule has 1 fully saturated rings. The number of fused-ring (bicyclic) bond motifs is 1. The number of carbonyl (C=O) groups is 1. The smallest absolute Gasteiger partial charge is 0.167 e. The summed E-state index contributed by atoms with van der Waals surface area (Å²) in [5, 5.41) is 1.26. The number of rotatable bonds is 6. The maximum Gasteiger partial charge on any atom is 0.167 e. The van der Waals surface area contributed by atoms with E-state index in [-0.39, 0.29) is 11.7 Å². The van der Waals surface area contributed by atoms with Crippen LogP contribution in [0.3, 0.4) is 0 Å². The number of H-pyrrole nitrogens is 1. The van der Waals surface area contributed by atoms with Crippen molar-refractivity contribution >= 4 is 16.7 Å². The van der Waals surface area contributed by atoms with Crippen molar-refractivity contribution in [3.8, 4) is 11.5 Å². The number of methoxy groups -OCH3 is 2. The van der Waals surface area contributed by atoms with Crippen molar-refractivity contribution in [2.75, 3.05) is 27.3 Å². The Morgan fingerprint density at radius 3 is 2.79 bits per heavy atom. The summed E-state index contributed by atoms with van der Waals surface area (Å²) in [4.78, 5) is 18.8. The molecule has 1 N–H and O–H groups in total. The molecule has 1 saturated heterocycles. The van der Waals surface area contributed by atoms with Crippen LogP contribution in [0.5, 0.6) is 11.5 Å². The number of aromatic nitrogens is 1. The number of hydrogen-bond acceptors (Lipinski definition) is 4. The minimum Gasteiger partial charge on any atom is -0.493 e. The SMILES string of the molecule is COc1ccc(C(=O)[C@H]2CCCN(Cc3c[nH]c4ccccc34)C2)cc1OC. The van der Waals surface area contributed by atoms with Crippen molar-refractivity contribution in [3.63, 3.8) is 0 Å². The van der Waals surface area contributed by atoms with Gasteiger partial charge in [0.1, 0.15) is 0 Å². The number of benzene rings is 2. The van der Waals surface area contributed by atoms with E-state index >= 15 is 0 Å². The highest BCUT2D eigenvalue weighted by atomic mass is 16.5. The second kappa shape index (κ2) is 8.07. The lowest BCUT2D eigenvalue weighted by Crippen LogP contribution is -2.38. The van der Waals surface area contributed by atoms with Crippen LogP contribution in [0.4, 0.5) is 0 Å². The van der Waals surface area contributed by atoms with Gasteiger partial charge >= 0.3 is 0 Å². The van der Waals surface area contributed by atoms with Crippen molar-refractivity contribution in [1.29, 1.82) is 0 Å². The quantitative estimate of drug-likeness (QED) is 0.651. The molecule has 0 saturated carbocycles. The molecule has 3 aromatic rings. The highest BCUT2D eigenvalue weighted by Crippen LogP contribution is 2.30. The van der Waals surface area contributed by atoms with Crippen molar-refractivity contribution in [2.45, 2.75) is 19.4 Å². The number of nitrogens with zero attached hydrogens (tertiary/aromatic N) is 1. The van der Waals surface area contributed by atoms with E-state index in [9.17, 15) is 4.79 Å². The van der Waals surface area contributed by atoms with Crippen LogP contribution in [0, 0.1) is 5.92 Å². The summed E-state index contributed by atoms with van der Waals surface area (Å²) in [6.45, 7) is 2.67. The number of aromatic amines is 1. The number of carbonyl (C=O) groups excluding carboxylic acids is 1. The largest absolute Gasteiger partial charge is 0.493 e. The molecule has 4 rings (SSSR count). The Kier molecular flexibility index (Phi) is 5.35. The maximum atomic E-state index is 13.1. The Hall–Kier alpha value is -2.79. The summed E-state index contributed by atoms with van der Waals surface area (Å²) in [5.41, 5.74) is 3.14. The zero-order chi connectivity index (χ0) is 19.5. The Morgan fingerprint density at radius 2 is 1.96 bits per heavy atom. The molecular weight excluding hydrogens is 352 g/mol. The van der Waals surface area contributed by atoms with Crippen LogP contribution >= 0.6 is 0 Å². The fourth-order valence-corrected chi connectivity index (χ4v) is 4.14. The van der Waals surface area contributed by atoms with Gasteiger partial charge in [-0.1, -0.05) is 18.2 Å². The molecule has 1 aliphatic rings. The van der Waals surface area contributed by atoms with Crippen LogP contribution < -0.4 is 9.47 Å². The Bertz CT molecular complexity index is 979. The van der Waals surface area contributed by atoms with Crippen molar-refractivity contribution < 1.29 is 14.3 Å². The van der Waals surface area contributed by atoms with E-state index in [0.29, 0.717) is 17.1 Å². The second-order valence-corrected chi connectivity index (χ2v) is 7.37. The molecule has 1 aliphatic heterocycles. The van der Waals surface area contributed by atoms with Crippen LogP contribution in [0.2, 0.25) is 0 Å². The summed E-state index contributed by atoms with van der Waals surface area (Å²) in [6, 6.07) is 13.8. The van der Waals surface area contributed by atoms with Gasteiger partial charge in [-0.05, 0) is 49.2 Å². The van der Waals surface area contributed by atoms with Gasteiger partial charge < -0.3 is 14.5 Å². The van der Waals surface area contributed by atoms with Crippen molar-refractivity contribution in [3.05, 3.63) is 59.8 Å². The number of nitrogens with one attached hydrogen (secondary N) is 1. The van der Waals surface area contributed by atoms with Gasteiger partial charge in [0, 0.05) is 41.7 Å². The molecule has 0 bridgehead atoms. The average molecular weight is 378 g/mol. The molecule has 1 aromatic heterocycles. The van der Waals surface area contributed by atoms with Crippen LogP contribution in [-0.4, -0.2) is 43.0 Å². The lowest BCUT2D eigenvalue weighted by molar-refractivity contribution is 0.0811. The molecule has 1 atom stereocenters. The third-order valence-electron chi connectivity index (χ3n) is 5.61. The van der Waals surface area contributed by atoms with E-state index in [1.165, 1.54) is 10.9 Å². The molecule has 146 valence electrons. The highest BCUT2D eigenvalue weighted by Gasteiger charge is 2.27. The number of ether oxygens (including phenoxy) is 2. The summed E-state index contributed by atoms with van der Waals surface area (Å²) >= 11 is 0. The fourth-order valence-electron chi connectivity index (χ4n) is 4.14. The number of para-hydroxylation sites is 1. The first-order chi connectivity index (χ1) is 13.7. The molecule has 0 amide bonds. The maximum absolute atomic E-state index is 13.1. The van der Waals surface area contributed by atoms with Gasteiger partial charge in [0.15, 0.2) is 17.3 Å². The van der Waals surface area contributed by atoms with Crippen molar-refractivity contribution in [2.24, 2.45) is 5.92 Å². The number of likely N-dealkylation sites (tertiary alicyclic amines) is 1. The zero-order valence-electron chi connectivity index (χ0n) is 16.4. The zero-order valence-corrected chi connectivity index (χ0v) is 16.4. The van der Waals surface area contributed by atoms with E-state index in [4.69, 9.17) is 9.47 Å². The van der Waals surface area contributed by atoms with E-state index in [0.717, 1.165) is 38.0 Å². The first-order valence-corrected chi connectivity index (χ1v) is 9.73. The molecule has 2 aromatic carbocycles. The number of hydrogen-bond donors (Lipinski definition) is 1. The molecule has 0 unspecified atom stereocenters. The monoisotopic (exact) mass is 378 g/mol. The van der Waals surface area contributed by atoms with Gasteiger partial charge in [0.05, 0.1) is 14.2 Å². The molecule has 0 radical (unpaired) electrons. The van der Waals surface area contributed by atoms with Gasteiger partial charge in [-0.15, -0.1) is 0 Å². The van der Waals surface area contributed by atoms with Crippen molar-refractivity contribution in [1.82, 2.24) is 9.88 Å². The van der Waals surface area contributed by atoms with E-state index < -0.39 is 0 Å². The lowest BCUT2D eigenvalue weighted by atomic mass is 9.89. The number of piperidine rings is 1. The molecule has 0 aliphatic carbocycles. The highest BCUT2D eigenvalue weighted by molar-refractivity contribution is 5.98. The van der Waals surface area contributed by atoms with Gasteiger partial charge in [0.25, 0.3) is 0 Å². The number of ketones is 1. The minimum absolute atomic E-state index is 0.0112. The molecule has 2 heterocycles. The Labute approximate surface area is 165 Å². The summed E-state index contributed by atoms with van der Waals surface area (Å²) < 4.78 is 10.6. The molecule has 5 heteroatoms. The normalized spacial score (nSPS) is 17.6. The third kappa shape index (κ3) is 3.62. The summed E-state index contributed by atoms with van der Waals surface area (Å²) in [5.74, 6) is 1.44. The van der Waals surface area contributed by atoms with Crippen LogP contribution in [0.25, 0.3) is 10.9 Å². The van der Waals surface area contributed by atoms with Gasteiger partial charge in [-0.3, -0.25) is 9.69 Å². The van der Waals surface area contributed by atoms with Gasteiger partial charge in [0.2, 0.25) is 0 Å². The summed E-state index contributed by atoms with van der Waals surface area (Å²) in [6.07, 6.45) is 4.05. The van der Waals surface area contributed by atoms with Crippen LogP contribution in [0.15, 0.2) is 48.7 Å². The fraction of sp³-hybridized carbons (Fsp3) is 0.348. The first kappa shape index (κ1) is 18.6. The van der Waals surface area contributed by atoms with Gasteiger partial charge in [-0.25, -0.2) is 0 Å². The van der Waals surface area contributed by atoms with E-state index in [1.54, 1.807) is 26.4 Å². The molecule has 28 heavy (non-hydrogen) atoms. The van der Waals surface area contributed by atoms with E-state index in [2.05, 4.69) is 34.3 Å². The molecular formula is C23H26N2O3. The first-order valence-electron chi connectivity index (χ1n) is 9.73. The number of Topliss-reactive ketones (excluding diaryl/α,β-unsaturated/α-hetero) is 1. The van der Waals surface area contributed by atoms with Crippen LogP contribution in [-0.2, 0) is 6.54 Å². The van der Waals surface area contributed by atoms with Crippen LogP contribution in [0.1, 0.15) is 28.8 Å². The molecule has 0 spiro atoms. The standard InChI is InChI=1S/C23H26N2O3/c1-27-21-10-9-16(12-22(21)28-2)23(26)17-6-5-11-25(14-17)15-18-13-24-20-8-4-3-7-19(18)20/h3-4,7-10,12-13,17,24H,5-6,11,14-15H2,1-2H3/t17-/m0/s1. The third-order valence-corrected chi connectivity index (χ3v) is 5.61. The summed E-state index contributed by atoms with van der Waals surface area (Å²) in [7, 11) is 3.19. The second-order valence-electron chi connectivity index (χ2n) is 7.37. The van der Waals surface area contributed by atoms with E-state index in [1.807, 2.05) is 12.1 Å². The topological polar surface area (TPSA) is 54.6 Å². The Morgan fingerprint density at radius 1 is 1.14 bits per heavy atom.